The molecule has 0 spiro atoms. The molecule has 2 bridgehead atoms. The van der Waals surface area contributed by atoms with E-state index >= 15 is 0 Å². The monoisotopic (exact) mass is 424 g/mol. The van der Waals surface area contributed by atoms with Crippen LogP contribution in [0.5, 0.6) is 0 Å². The first-order valence-electron chi connectivity index (χ1n) is 9.34. The molecule has 2 aromatic carbocycles. The van der Waals surface area contributed by atoms with E-state index in [0.29, 0.717) is 12.1 Å². The third-order valence-electron chi connectivity index (χ3n) is 6.05. The lowest BCUT2D eigenvalue weighted by Gasteiger charge is -2.42. The van der Waals surface area contributed by atoms with Crippen molar-refractivity contribution in [3.8, 4) is 0 Å². The summed E-state index contributed by atoms with van der Waals surface area (Å²) in [6.07, 6.45) is 2.37. The molecule has 3 aliphatic rings. The predicted molar refractivity (Wildman–Crippen MR) is 108 cm³/mol. The van der Waals surface area contributed by atoms with Crippen molar-refractivity contribution in [2.75, 3.05) is 13.1 Å². The Kier molecular flexibility index (Phi) is 4.06. The zero-order valence-corrected chi connectivity index (χ0v) is 16.5. The van der Waals surface area contributed by atoms with Crippen LogP contribution in [0, 0.1) is 5.92 Å². The Morgan fingerprint density at radius 3 is 2.89 bits per heavy atom. The predicted octanol–water partition coefficient (Wildman–Crippen LogP) is 3.72. The number of benzene rings is 2. The van der Waals surface area contributed by atoms with Gasteiger partial charge in [0, 0.05) is 36.1 Å². The van der Waals surface area contributed by atoms with Gasteiger partial charge in [0.15, 0.2) is 0 Å². The number of rotatable bonds is 5. The van der Waals surface area contributed by atoms with Crippen molar-refractivity contribution in [3.05, 3.63) is 64.3 Å². The SMILES string of the molecule is O=C(NCC12CC(CN1Cc1ccccc1)C2)c1ccc2n[nH]c(Br)c2c1. The van der Waals surface area contributed by atoms with Gasteiger partial charge in [-0.1, -0.05) is 30.3 Å². The van der Waals surface area contributed by atoms with Crippen molar-refractivity contribution < 1.29 is 4.79 Å². The molecule has 3 heterocycles. The Bertz CT molecular complexity index is 994. The Labute approximate surface area is 166 Å². The van der Waals surface area contributed by atoms with Crippen LogP contribution in [0.3, 0.4) is 0 Å². The highest BCUT2D eigenvalue weighted by Crippen LogP contribution is 2.50. The van der Waals surface area contributed by atoms with Gasteiger partial charge in [-0.05, 0) is 58.5 Å². The van der Waals surface area contributed by atoms with Crippen LogP contribution in [0.25, 0.3) is 10.9 Å². The first kappa shape index (κ1) is 17.0. The van der Waals surface area contributed by atoms with E-state index < -0.39 is 0 Å². The fourth-order valence-electron chi connectivity index (χ4n) is 4.67. The van der Waals surface area contributed by atoms with E-state index in [0.717, 1.165) is 34.5 Å². The van der Waals surface area contributed by atoms with E-state index in [-0.39, 0.29) is 11.4 Å². The fourth-order valence-corrected chi connectivity index (χ4v) is 5.07. The number of halogens is 1. The van der Waals surface area contributed by atoms with Crippen LogP contribution in [-0.4, -0.2) is 39.6 Å². The molecule has 0 radical (unpaired) electrons. The second kappa shape index (κ2) is 6.46. The van der Waals surface area contributed by atoms with E-state index in [2.05, 4.69) is 66.7 Å². The van der Waals surface area contributed by atoms with Gasteiger partial charge in [-0.3, -0.25) is 14.8 Å². The van der Waals surface area contributed by atoms with Crippen molar-refractivity contribution in [2.24, 2.45) is 5.92 Å². The Balaban J connectivity index is 1.28. The third-order valence-corrected chi connectivity index (χ3v) is 6.66. The molecule has 1 aromatic heterocycles. The topological polar surface area (TPSA) is 61.0 Å². The normalized spacial score (nSPS) is 24.1. The molecule has 2 aliphatic heterocycles. The number of hydrogen-bond donors (Lipinski definition) is 2. The lowest BCUT2D eigenvalue weighted by atomic mass is 9.73. The number of aromatic nitrogens is 2. The number of H-pyrrole nitrogens is 1. The molecular formula is C21H21BrN4O. The molecule has 1 saturated carbocycles. The summed E-state index contributed by atoms with van der Waals surface area (Å²) < 4.78 is 0.803. The molecule has 2 saturated heterocycles. The first-order chi connectivity index (χ1) is 13.1. The average molecular weight is 425 g/mol. The zero-order valence-electron chi connectivity index (χ0n) is 14.9. The van der Waals surface area contributed by atoms with Crippen molar-refractivity contribution in [2.45, 2.75) is 24.9 Å². The Morgan fingerprint density at radius 1 is 1.26 bits per heavy atom. The van der Waals surface area contributed by atoms with Crippen LogP contribution < -0.4 is 5.32 Å². The van der Waals surface area contributed by atoms with Gasteiger partial charge >= 0.3 is 0 Å². The molecular weight excluding hydrogens is 404 g/mol. The Hall–Kier alpha value is -2.18. The molecule has 3 aromatic rings. The van der Waals surface area contributed by atoms with Gasteiger partial charge in [-0.15, -0.1) is 0 Å². The highest BCUT2D eigenvalue weighted by Gasteiger charge is 2.55. The summed E-state index contributed by atoms with van der Waals surface area (Å²) in [6.45, 7) is 2.81. The smallest absolute Gasteiger partial charge is 0.251 e. The lowest BCUT2D eigenvalue weighted by molar-refractivity contribution is 0.0798. The van der Waals surface area contributed by atoms with Gasteiger partial charge in [0.25, 0.3) is 5.91 Å². The van der Waals surface area contributed by atoms with Gasteiger partial charge in [0.1, 0.15) is 4.60 Å². The summed E-state index contributed by atoms with van der Waals surface area (Å²) in [5.41, 5.74) is 2.98. The molecule has 5 nitrogen and oxygen atoms in total. The summed E-state index contributed by atoms with van der Waals surface area (Å²) in [4.78, 5) is 15.3. The molecule has 0 unspecified atom stereocenters. The quantitative estimate of drug-likeness (QED) is 0.655. The zero-order chi connectivity index (χ0) is 18.4. The maximum absolute atomic E-state index is 12.7. The van der Waals surface area contributed by atoms with Crippen molar-refractivity contribution in [1.82, 2.24) is 20.4 Å². The number of carbonyl (C=O) groups is 1. The first-order valence-corrected chi connectivity index (χ1v) is 10.1. The highest BCUT2D eigenvalue weighted by molar-refractivity contribution is 9.10. The van der Waals surface area contributed by atoms with Crippen molar-refractivity contribution in [1.29, 1.82) is 0 Å². The number of hydrogen-bond acceptors (Lipinski definition) is 3. The highest BCUT2D eigenvalue weighted by atomic mass is 79.9. The third kappa shape index (κ3) is 2.97. The molecule has 1 amide bonds. The fraction of sp³-hybridized carbons (Fsp3) is 0.333. The van der Waals surface area contributed by atoms with Crippen molar-refractivity contribution in [3.63, 3.8) is 0 Å². The molecule has 138 valence electrons. The van der Waals surface area contributed by atoms with E-state index in [9.17, 15) is 4.79 Å². The van der Waals surface area contributed by atoms with E-state index in [1.807, 2.05) is 18.2 Å². The molecule has 6 heteroatoms. The molecule has 6 rings (SSSR count). The second-order valence-corrected chi connectivity index (χ2v) is 8.61. The number of fused-ring (bicyclic) bond motifs is 2. The van der Waals surface area contributed by atoms with Gasteiger partial charge < -0.3 is 5.32 Å². The van der Waals surface area contributed by atoms with Crippen LogP contribution in [0.1, 0.15) is 28.8 Å². The average Bonchev–Trinajstić information content (AvgIpc) is 3.31. The summed E-state index contributed by atoms with van der Waals surface area (Å²) in [6, 6.07) is 16.2. The number of amides is 1. The van der Waals surface area contributed by atoms with Crippen LogP contribution in [0.15, 0.2) is 53.1 Å². The van der Waals surface area contributed by atoms with Gasteiger partial charge in [0.05, 0.1) is 5.52 Å². The largest absolute Gasteiger partial charge is 0.350 e. The van der Waals surface area contributed by atoms with E-state index in [1.165, 1.54) is 18.4 Å². The van der Waals surface area contributed by atoms with Crippen molar-refractivity contribution >= 4 is 32.7 Å². The second-order valence-electron chi connectivity index (χ2n) is 7.82. The molecule has 2 N–H and O–H groups in total. The minimum absolute atomic E-state index is 0.0191. The minimum Gasteiger partial charge on any atom is -0.350 e. The van der Waals surface area contributed by atoms with Gasteiger partial charge in [0.2, 0.25) is 0 Å². The maximum Gasteiger partial charge on any atom is 0.251 e. The van der Waals surface area contributed by atoms with E-state index in [1.54, 1.807) is 0 Å². The number of aromatic amines is 1. The Morgan fingerprint density at radius 2 is 2.07 bits per heavy atom. The summed E-state index contributed by atoms with van der Waals surface area (Å²) in [5.74, 6) is 0.762. The molecule has 1 aliphatic carbocycles. The van der Waals surface area contributed by atoms with Crippen LogP contribution in [0.2, 0.25) is 0 Å². The molecule has 0 atom stereocenters. The van der Waals surface area contributed by atoms with Crippen LogP contribution in [0.4, 0.5) is 0 Å². The number of nitrogens with zero attached hydrogens (tertiary/aromatic N) is 2. The minimum atomic E-state index is -0.0191. The van der Waals surface area contributed by atoms with Gasteiger partial charge in [-0.2, -0.15) is 5.10 Å². The molecule has 3 fully saturated rings. The van der Waals surface area contributed by atoms with Gasteiger partial charge in [-0.25, -0.2) is 0 Å². The number of nitrogens with one attached hydrogen (secondary N) is 2. The lowest BCUT2D eigenvalue weighted by Crippen LogP contribution is -2.53. The summed E-state index contributed by atoms with van der Waals surface area (Å²) >= 11 is 3.44. The number of carbonyl (C=O) groups excluding carboxylic acids is 1. The van der Waals surface area contributed by atoms with Crippen LogP contribution in [-0.2, 0) is 6.54 Å². The van der Waals surface area contributed by atoms with E-state index in [4.69, 9.17) is 0 Å². The molecule has 27 heavy (non-hydrogen) atoms. The van der Waals surface area contributed by atoms with Crippen LogP contribution >= 0.6 is 15.9 Å². The maximum atomic E-state index is 12.7. The standard InChI is InChI=1S/C21H21BrN4O/c22-19-17-8-16(6-7-18(17)24-25-19)20(27)23-13-21-9-15(10-21)12-26(21)11-14-4-2-1-3-5-14/h1-8,15H,9-13H2,(H,23,27)(H,24,25). The summed E-state index contributed by atoms with van der Waals surface area (Å²) in [5, 5.41) is 11.2. The summed E-state index contributed by atoms with van der Waals surface area (Å²) in [7, 11) is 0.